The Bertz CT molecular complexity index is 810. The number of hydrogen-bond donors (Lipinski definition) is 1. The summed E-state index contributed by atoms with van der Waals surface area (Å²) in [4.78, 5) is 4.38. The summed E-state index contributed by atoms with van der Waals surface area (Å²) in [5, 5.41) is 8.43. The lowest BCUT2D eigenvalue weighted by atomic mass is 9.97. The highest BCUT2D eigenvalue weighted by atomic mass is 127. The number of halogens is 1. The Kier molecular flexibility index (Phi) is 2.32. The van der Waals surface area contributed by atoms with Gasteiger partial charge in [0.15, 0.2) is 0 Å². The van der Waals surface area contributed by atoms with E-state index in [0.717, 1.165) is 31.6 Å². The predicted molar refractivity (Wildman–Crippen MR) is 81.1 cm³/mol. The van der Waals surface area contributed by atoms with Crippen LogP contribution in [0.2, 0.25) is 0 Å². The Labute approximate surface area is 123 Å². The molecule has 0 amide bonds. The van der Waals surface area contributed by atoms with E-state index in [1.807, 2.05) is 19.2 Å². The SMILES string of the molecule is Cc1cc2c(cn1)-c1cc3c(I)n[nH]c3cc1CO2. The summed E-state index contributed by atoms with van der Waals surface area (Å²) in [6.45, 7) is 2.57. The molecule has 1 aliphatic heterocycles. The molecule has 3 aromatic rings. The third-order valence-electron chi connectivity index (χ3n) is 3.42. The van der Waals surface area contributed by atoms with Crippen molar-refractivity contribution in [2.75, 3.05) is 0 Å². The maximum Gasteiger partial charge on any atom is 0.131 e. The summed E-state index contributed by atoms with van der Waals surface area (Å²) in [6.07, 6.45) is 1.89. The number of H-pyrrole nitrogens is 1. The molecule has 4 nitrogen and oxygen atoms in total. The normalized spacial score (nSPS) is 12.9. The molecule has 0 aliphatic carbocycles. The van der Waals surface area contributed by atoms with Gasteiger partial charge in [0.25, 0.3) is 0 Å². The Morgan fingerprint density at radius 3 is 3.05 bits per heavy atom. The van der Waals surface area contributed by atoms with E-state index < -0.39 is 0 Å². The van der Waals surface area contributed by atoms with Crippen LogP contribution in [-0.2, 0) is 6.61 Å². The lowest BCUT2D eigenvalue weighted by Gasteiger charge is -2.20. The molecular weight excluding hydrogens is 353 g/mol. The predicted octanol–water partition coefficient (Wildman–Crippen LogP) is 3.43. The van der Waals surface area contributed by atoms with Crippen LogP contribution in [0.25, 0.3) is 22.0 Å². The molecule has 0 saturated heterocycles. The number of aryl methyl sites for hydroxylation is 1. The number of aromatic amines is 1. The van der Waals surface area contributed by atoms with Crippen LogP contribution in [0.5, 0.6) is 5.75 Å². The minimum atomic E-state index is 0.595. The van der Waals surface area contributed by atoms with E-state index in [2.05, 4.69) is 49.9 Å². The molecule has 3 heterocycles. The zero-order valence-electron chi connectivity index (χ0n) is 10.2. The molecule has 0 radical (unpaired) electrons. The van der Waals surface area contributed by atoms with Gasteiger partial charge in [0, 0.05) is 28.9 Å². The van der Waals surface area contributed by atoms with Gasteiger partial charge in [0.05, 0.1) is 5.52 Å². The van der Waals surface area contributed by atoms with Crippen molar-refractivity contribution in [3.63, 3.8) is 0 Å². The second-order valence-electron chi connectivity index (χ2n) is 4.68. The lowest BCUT2D eigenvalue weighted by Crippen LogP contribution is -2.06. The van der Waals surface area contributed by atoms with Crippen LogP contribution in [0, 0.1) is 10.6 Å². The van der Waals surface area contributed by atoms with Gasteiger partial charge in [-0.05, 0) is 52.8 Å². The second-order valence-corrected chi connectivity index (χ2v) is 5.70. The van der Waals surface area contributed by atoms with Gasteiger partial charge < -0.3 is 4.74 Å². The van der Waals surface area contributed by atoms with Gasteiger partial charge in [-0.3, -0.25) is 10.1 Å². The van der Waals surface area contributed by atoms with Gasteiger partial charge in [-0.1, -0.05) is 0 Å². The van der Waals surface area contributed by atoms with E-state index in [4.69, 9.17) is 4.74 Å². The van der Waals surface area contributed by atoms with E-state index in [-0.39, 0.29) is 0 Å². The van der Waals surface area contributed by atoms with Crippen LogP contribution in [0.15, 0.2) is 24.4 Å². The van der Waals surface area contributed by atoms with Crippen LogP contribution in [-0.4, -0.2) is 15.2 Å². The summed E-state index contributed by atoms with van der Waals surface area (Å²) in [5.41, 5.74) is 5.45. The fourth-order valence-electron chi connectivity index (χ4n) is 2.46. The van der Waals surface area contributed by atoms with Crippen LogP contribution in [0.1, 0.15) is 11.3 Å². The maximum atomic E-state index is 5.81. The first-order valence-corrected chi connectivity index (χ1v) is 7.06. The smallest absolute Gasteiger partial charge is 0.131 e. The monoisotopic (exact) mass is 363 g/mol. The second kappa shape index (κ2) is 3.93. The van der Waals surface area contributed by atoms with Crippen molar-refractivity contribution >= 4 is 33.5 Å². The van der Waals surface area contributed by atoms with Crippen molar-refractivity contribution in [3.05, 3.63) is 39.4 Å². The van der Waals surface area contributed by atoms with E-state index >= 15 is 0 Å². The molecule has 1 aliphatic rings. The largest absolute Gasteiger partial charge is 0.488 e. The minimum absolute atomic E-state index is 0.595. The molecule has 2 aromatic heterocycles. The highest BCUT2D eigenvalue weighted by molar-refractivity contribution is 14.1. The van der Waals surface area contributed by atoms with Gasteiger partial charge >= 0.3 is 0 Å². The average molecular weight is 363 g/mol. The summed E-state index contributed by atoms with van der Waals surface area (Å²) < 4.78 is 6.80. The fraction of sp³-hybridized carbons (Fsp3) is 0.143. The van der Waals surface area contributed by atoms with Crippen LogP contribution < -0.4 is 4.74 Å². The number of benzene rings is 1. The molecule has 0 bridgehead atoms. The van der Waals surface area contributed by atoms with Crippen molar-refractivity contribution in [1.82, 2.24) is 15.2 Å². The fourth-order valence-corrected chi connectivity index (χ4v) is 3.03. The highest BCUT2D eigenvalue weighted by Crippen LogP contribution is 2.39. The molecule has 5 heteroatoms. The molecule has 1 N–H and O–H groups in total. The van der Waals surface area contributed by atoms with E-state index in [1.165, 1.54) is 11.1 Å². The summed E-state index contributed by atoms with van der Waals surface area (Å²) in [6, 6.07) is 6.28. The van der Waals surface area contributed by atoms with E-state index in [1.54, 1.807) is 0 Å². The Hall–Kier alpha value is -1.63. The highest BCUT2D eigenvalue weighted by Gasteiger charge is 2.19. The molecular formula is C14H10IN3O. The Morgan fingerprint density at radius 1 is 1.26 bits per heavy atom. The first-order chi connectivity index (χ1) is 9.22. The number of nitrogens with one attached hydrogen (secondary N) is 1. The van der Waals surface area contributed by atoms with Crippen molar-refractivity contribution in [1.29, 1.82) is 0 Å². The average Bonchev–Trinajstić information content (AvgIpc) is 2.77. The standard InChI is InChI=1S/C14H10IN3O/c1-7-2-13-11(5-16-7)9-4-10-12(17-18-14(10)15)3-8(9)6-19-13/h2-5H,6H2,1H3,(H,17,18). The van der Waals surface area contributed by atoms with Gasteiger partial charge in [-0.2, -0.15) is 5.10 Å². The Morgan fingerprint density at radius 2 is 2.16 bits per heavy atom. The Balaban J connectivity index is 2.04. The minimum Gasteiger partial charge on any atom is -0.488 e. The molecule has 0 saturated carbocycles. The lowest BCUT2D eigenvalue weighted by molar-refractivity contribution is 0.302. The summed E-state index contributed by atoms with van der Waals surface area (Å²) in [5.74, 6) is 0.915. The van der Waals surface area contributed by atoms with Gasteiger partial charge in [-0.15, -0.1) is 0 Å². The number of pyridine rings is 1. The number of rotatable bonds is 0. The molecule has 0 unspecified atom stereocenters. The number of hydrogen-bond acceptors (Lipinski definition) is 3. The molecule has 1 aromatic carbocycles. The molecule has 0 spiro atoms. The van der Waals surface area contributed by atoms with Crippen molar-refractivity contribution in [2.45, 2.75) is 13.5 Å². The van der Waals surface area contributed by atoms with Crippen molar-refractivity contribution < 1.29 is 4.74 Å². The van der Waals surface area contributed by atoms with Crippen molar-refractivity contribution in [2.24, 2.45) is 0 Å². The molecule has 94 valence electrons. The third-order valence-corrected chi connectivity index (χ3v) is 4.24. The van der Waals surface area contributed by atoms with E-state index in [0.29, 0.717) is 6.61 Å². The van der Waals surface area contributed by atoms with E-state index in [9.17, 15) is 0 Å². The zero-order valence-corrected chi connectivity index (χ0v) is 12.4. The van der Waals surface area contributed by atoms with Crippen LogP contribution >= 0.6 is 22.6 Å². The van der Waals surface area contributed by atoms with Gasteiger partial charge in [0.1, 0.15) is 16.1 Å². The first kappa shape index (κ1) is 11.2. The number of ether oxygens (including phenoxy) is 1. The number of fused-ring (bicyclic) bond motifs is 4. The quantitative estimate of drug-likeness (QED) is 0.623. The zero-order chi connectivity index (χ0) is 13.0. The molecule has 0 atom stereocenters. The van der Waals surface area contributed by atoms with Gasteiger partial charge in [-0.25, -0.2) is 0 Å². The summed E-state index contributed by atoms with van der Waals surface area (Å²) in [7, 11) is 0. The maximum absolute atomic E-state index is 5.81. The molecule has 4 rings (SSSR count). The van der Waals surface area contributed by atoms with Crippen molar-refractivity contribution in [3.8, 4) is 16.9 Å². The van der Waals surface area contributed by atoms with Gasteiger partial charge in [0.2, 0.25) is 0 Å². The number of nitrogens with zero attached hydrogens (tertiary/aromatic N) is 2. The first-order valence-electron chi connectivity index (χ1n) is 5.99. The third kappa shape index (κ3) is 1.64. The number of aromatic nitrogens is 3. The molecule has 0 fully saturated rings. The topological polar surface area (TPSA) is 50.8 Å². The summed E-state index contributed by atoms with van der Waals surface area (Å²) >= 11 is 2.24. The molecule has 19 heavy (non-hydrogen) atoms. The van der Waals surface area contributed by atoms with Crippen LogP contribution in [0.4, 0.5) is 0 Å². The van der Waals surface area contributed by atoms with Crippen LogP contribution in [0.3, 0.4) is 0 Å².